The molecule has 8 heteroatoms. The maximum atomic E-state index is 13.6. The molecule has 2 N–H and O–H groups in total. The van der Waals surface area contributed by atoms with Crippen LogP contribution >= 0.6 is 0 Å². The molecule has 0 unspecified atom stereocenters. The number of benzene rings is 1. The van der Waals surface area contributed by atoms with E-state index in [4.69, 9.17) is 0 Å². The van der Waals surface area contributed by atoms with Gasteiger partial charge in [-0.05, 0) is 30.7 Å². The van der Waals surface area contributed by atoms with E-state index in [1.54, 1.807) is 24.5 Å². The van der Waals surface area contributed by atoms with Crippen LogP contribution in [0.5, 0.6) is 0 Å². The van der Waals surface area contributed by atoms with Gasteiger partial charge in [0.1, 0.15) is 6.04 Å². The first-order valence-electron chi connectivity index (χ1n) is 7.01. The predicted molar refractivity (Wildman–Crippen MR) is 79.3 cm³/mol. The zero-order chi connectivity index (χ0) is 17.7. The number of nitrogens with zero attached hydrogens (tertiary/aromatic N) is 1. The molecule has 1 heterocycles. The summed E-state index contributed by atoms with van der Waals surface area (Å²) < 4.78 is 39.6. The Bertz CT molecular complexity index is 754. The molecule has 0 radical (unpaired) electrons. The Hall–Kier alpha value is -2.90. The van der Waals surface area contributed by atoms with E-state index in [2.05, 4.69) is 15.6 Å². The van der Waals surface area contributed by atoms with E-state index in [1.807, 2.05) is 0 Å². The van der Waals surface area contributed by atoms with Gasteiger partial charge >= 0.3 is 0 Å². The normalized spacial score (nSPS) is 11.7. The second kappa shape index (κ2) is 7.58. The van der Waals surface area contributed by atoms with Crippen molar-refractivity contribution < 1.29 is 22.8 Å². The van der Waals surface area contributed by atoms with Gasteiger partial charge in [0.15, 0.2) is 17.5 Å². The summed E-state index contributed by atoms with van der Waals surface area (Å²) in [6, 6.07) is 3.91. The van der Waals surface area contributed by atoms with Gasteiger partial charge in [0.25, 0.3) is 5.91 Å². The van der Waals surface area contributed by atoms with E-state index < -0.39 is 40.9 Å². The van der Waals surface area contributed by atoms with Gasteiger partial charge in [-0.3, -0.25) is 14.6 Å². The van der Waals surface area contributed by atoms with Gasteiger partial charge in [0.2, 0.25) is 5.91 Å². The van der Waals surface area contributed by atoms with Crippen LogP contribution in [0.3, 0.4) is 0 Å². The fourth-order valence-corrected chi connectivity index (χ4v) is 1.89. The lowest BCUT2D eigenvalue weighted by molar-refractivity contribution is -0.122. The first kappa shape index (κ1) is 17.5. The fourth-order valence-electron chi connectivity index (χ4n) is 1.89. The Morgan fingerprint density at radius 2 is 1.92 bits per heavy atom. The van der Waals surface area contributed by atoms with Gasteiger partial charge in [-0.15, -0.1) is 0 Å². The van der Waals surface area contributed by atoms with Crippen molar-refractivity contribution in [1.29, 1.82) is 0 Å². The lowest BCUT2D eigenvalue weighted by Gasteiger charge is -2.14. The largest absolute Gasteiger partial charge is 0.350 e. The van der Waals surface area contributed by atoms with E-state index >= 15 is 0 Å². The van der Waals surface area contributed by atoms with Crippen molar-refractivity contribution in [2.45, 2.75) is 19.5 Å². The van der Waals surface area contributed by atoms with Crippen molar-refractivity contribution in [3.8, 4) is 0 Å². The summed E-state index contributed by atoms with van der Waals surface area (Å²) >= 11 is 0. The summed E-state index contributed by atoms with van der Waals surface area (Å²) in [6.07, 6.45) is 3.16. The lowest BCUT2D eigenvalue weighted by atomic mass is 10.1. The van der Waals surface area contributed by atoms with Crippen LogP contribution < -0.4 is 10.6 Å². The van der Waals surface area contributed by atoms with Crippen molar-refractivity contribution >= 4 is 11.8 Å². The summed E-state index contributed by atoms with van der Waals surface area (Å²) in [4.78, 5) is 27.7. The number of aromatic nitrogens is 1. The molecule has 2 amide bonds. The second-order valence-corrected chi connectivity index (χ2v) is 5.00. The highest BCUT2D eigenvalue weighted by atomic mass is 19.2. The van der Waals surface area contributed by atoms with E-state index in [1.165, 1.54) is 6.92 Å². The Morgan fingerprint density at radius 1 is 1.17 bits per heavy atom. The minimum Gasteiger partial charge on any atom is -0.350 e. The first-order valence-corrected chi connectivity index (χ1v) is 7.01. The SMILES string of the molecule is C[C@@H](NC(=O)c1ccc(F)c(F)c1F)C(=O)NCc1cccnc1. The lowest BCUT2D eigenvalue weighted by Crippen LogP contribution is -2.44. The first-order chi connectivity index (χ1) is 11.4. The molecule has 1 aromatic carbocycles. The van der Waals surface area contributed by atoms with Crippen LogP contribution in [-0.4, -0.2) is 22.8 Å². The minimum atomic E-state index is -1.74. The van der Waals surface area contributed by atoms with Crippen LogP contribution in [0.1, 0.15) is 22.8 Å². The number of hydrogen-bond donors (Lipinski definition) is 2. The van der Waals surface area contributed by atoms with E-state index in [9.17, 15) is 22.8 Å². The van der Waals surface area contributed by atoms with E-state index in [0.717, 1.165) is 11.6 Å². The van der Waals surface area contributed by atoms with Gasteiger partial charge in [-0.25, -0.2) is 13.2 Å². The van der Waals surface area contributed by atoms with Crippen molar-refractivity contribution in [2.24, 2.45) is 0 Å². The smallest absolute Gasteiger partial charge is 0.255 e. The van der Waals surface area contributed by atoms with Crippen molar-refractivity contribution in [3.63, 3.8) is 0 Å². The second-order valence-electron chi connectivity index (χ2n) is 5.00. The van der Waals surface area contributed by atoms with Gasteiger partial charge in [-0.2, -0.15) is 0 Å². The molecule has 0 saturated heterocycles. The fraction of sp³-hybridized carbons (Fsp3) is 0.188. The molecule has 0 spiro atoms. The average molecular weight is 337 g/mol. The summed E-state index contributed by atoms with van der Waals surface area (Å²) in [5.74, 6) is -6.27. The Balaban J connectivity index is 1.96. The maximum Gasteiger partial charge on any atom is 0.255 e. The third-order valence-electron chi connectivity index (χ3n) is 3.21. The number of pyridine rings is 1. The number of halogens is 3. The molecular formula is C16H14F3N3O2. The molecule has 0 saturated carbocycles. The summed E-state index contributed by atoms with van der Waals surface area (Å²) in [7, 11) is 0. The Morgan fingerprint density at radius 3 is 2.58 bits per heavy atom. The molecule has 2 rings (SSSR count). The Kier molecular flexibility index (Phi) is 5.51. The van der Waals surface area contributed by atoms with Gasteiger partial charge in [0.05, 0.1) is 5.56 Å². The molecule has 24 heavy (non-hydrogen) atoms. The van der Waals surface area contributed by atoms with Crippen LogP contribution in [0.25, 0.3) is 0 Å². The highest BCUT2D eigenvalue weighted by Gasteiger charge is 2.22. The standard InChI is InChI=1S/C16H14F3N3O2/c1-9(15(23)21-8-10-3-2-6-20-7-10)22-16(24)11-4-5-12(17)14(19)13(11)18/h2-7,9H,8H2,1H3,(H,21,23)(H,22,24)/t9-/m1/s1. The molecule has 0 fully saturated rings. The zero-order valence-electron chi connectivity index (χ0n) is 12.6. The molecule has 5 nitrogen and oxygen atoms in total. The van der Waals surface area contributed by atoms with Gasteiger partial charge in [-0.1, -0.05) is 6.07 Å². The van der Waals surface area contributed by atoms with Gasteiger partial charge in [0, 0.05) is 18.9 Å². The van der Waals surface area contributed by atoms with Crippen molar-refractivity contribution in [2.75, 3.05) is 0 Å². The monoisotopic (exact) mass is 337 g/mol. The number of nitrogens with one attached hydrogen (secondary N) is 2. The maximum absolute atomic E-state index is 13.6. The Labute approximate surface area is 135 Å². The molecule has 0 aliphatic rings. The number of amides is 2. The average Bonchev–Trinajstić information content (AvgIpc) is 2.58. The highest BCUT2D eigenvalue weighted by molar-refractivity contribution is 5.97. The van der Waals surface area contributed by atoms with E-state index in [0.29, 0.717) is 6.07 Å². The molecule has 126 valence electrons. The molecule has 0 aliphatic heterocycles. The van der Waals surface area contributed by atoms with Crippen LogP contribution in [0, 0.1) is 17.5 Å². The minimum absolute atomic E-state index is 0.201. The zero-order valence-corrected chi connectivity index (χ0v) is 12.6. The molecule has 1 atom stereocenters. The van der Waals surface area contributed by atoms with Crippen LogP contribution in [0.2, 0.25) is 0 Å². The predicted octanol–water partition coefficient (Wildman–Crippen LogP) is 1.93. The summed E-state index contributed by atoms with van der Waals surface area (Å²) in [5.41, 5.74) is 0.0804. The van der Waals surface area contributed by atoms with Crippen LogP contribution in [0.4, 0.5) is 13.2 Å². The molecular weight excluding hydrogens is 323 g/mol. The molecule has 0 aliphatic carbocycles. The number of carbonyl (C=O) groups is 2. The quantitative estimate of drug-likeness (QED) is 0.819. The summed E-state index contributed by atoms with van der Waals surface area (Å²) in [6.45, 7) is 1.58. The van der Waals surface area contributed by atoms with Crippen LogP contribution in [-0.2, 0) is 11.3 Å². The topological polar surface area (TPSA) is 71.1 Å². The van der Waals surface area contributed by atoms with Crippen molar-refractivity contribution in [3.05, 3.63) is 65.2 Å². The number of carbonyl (C=O) groups excluding carboxylic acids is 2. The molecule has 1 aromatic heterocycles. The van der Waals surface area contributed by atoms with Crippen LogP contribution in [0.15, 0.2) is 36.7 Å². The number of rotatable bonds is 5. The third-order valence-corrected chi connectivity index (χ3v) is 3.21. The van der Waals surface area contributed by atoms with Gasteiger partial charge < -0.3 is 10.6 Å². The molecule has 0 bridgehead atoms. The van der Waals surface area contributed by atoms with Crippen molar-refractivity contribution in [1.82, 2.24) is 15.6 Å². The number of hydrogen-bond acceptors (Lipinski definition) is 3. The third kappa shape index (κ3) is 4.09. The molecule has 2 aromatic rings. The summed E-state index contributed by atoms with van der Waals surface area (Å²) in [5, 5.41) is 4.79. The van der Waals surface area contributed by atoms with E-state index in [-0.39, 0.29) is 6.54 Å². The highest BCUT2D eigenvalue weighted by Crippen LogP contribution is 2.15.